The van der Waals surface area contributed by atoms with Crippen LogP contribution in [0, 0.1) is 0 Å². The van der Waals surface area contributed by atoms with Gasteiger partial charge >= 0.3 is 11.9 Å². The first-order valence-electron chi connectivity index (χ1n) is 29.9. The summed E-state index contributed by atoms with van der Waals surface area (Å²) in [4.78, 5) is 25.5. The maximum Gasteiger partial charge on any atom is 0.306 e. The lowest BCUT2D eigenvalue weighted by atomic mass is 10.0. The second-order valence-electron chi connectivity index (χ2n) is 20.3. The minimum absolute atomic E-state index is 0.0896. The topological polar surface area (TPSA) is 61.8 Å². The molecular formula is C61H116O5. The zero-order valence-electron chi connectivity index (χ0n) is 45.0. The van der Waals surface area contributed by atoms with Gasteiger partial charge in [0.15, 0.2) is 6.10 Å². The smallest absolute Gasteiger partial charge is 0.306 e. The molecule has 390 valence electrons. The van der Waals surface area contributed by atoms with Gasteiger partial charge in [0.2, 0.25) is 0 Å². The van der Waals surface area contributed by atoms with E-state index in [1.54, 1.807) is 0 Å². The van der Waals surface area contributed by atoms with Crippen molar-refractivity contribution in [2.24, 2.45) is 0 Å². The quantitative estimate of drug-likeness (QED) is 0.0345. The summed E-state index contributed by atoms with van der Waals surface area (Å²) in [6.45, 7) is 7.88. The van der Waals surface area contributed by atoms with Gasteiger partial charge < -0.3 is 14.2 Å². The second kappa shape index (κ2) is 57.7. The van der Waals surface area contributed by atoms with Crippen LogP contribution in [0.4, 0.5) is 0 Å². The van der Waals surface area contributed by atoms with Gasteiger partial charge in [-0.2, -0.15) is 0 Å². The zero-order valence-corrected chi connectivity index (χ0v) is 45.0. The summed E-state index contributed by atoms with van der Waals surface area (Å²) in [7, 11) is 0. The molecule has 0 rings (SSSR count). The van der Waals surface area contributed by atoms with Gasteiger partial charge in [-0.15, -0.1) is 0 Å². The highest BCUT2D eigenvalue weighted by Gasteiger charge is 2.17. The number of allylic oxidation sites excluding steroid dienone is 4. The molecule has 0 aliphatic heterocycles. The number of carbonyl (C=O) groups excluding carboxylic acids is 2. The molecule has 0 aromatic heterocycles. The van der Waals surface area contributed by atoms with Crippen LogP contribution in [0.25, 0.3) is 0 Å². The Labute approximate surface area is 413 Å². The van der Waals surface area contributed by atoms with Crippen LogP contribution in [0.3, 0.4) is 0 Å². The van der Waals surface area contributed by atoms with Crippen LogP contribution in [0.5, 0.6) is 0 Å². The Morgan fingerprint density at radius 2 is 0.636 bits per heavy atom. The number of hydrogen-bond acceptors (Lipinski definition) is 5. The van der Waals surface area contributed by atoms with E-state index in [4.69, 9.17) is 14.2 Å². The molecule has 0 saturated carbocycles. The number of carbonyl (C=O) groups is 2. The molecule has 0 spiro atoms. The van der Waals surface area contributed by atoms with E-state index in [0.29, 0.717) is 26.1 Å². The van der Waals surface area contributed by atoms with Gasteiger partial charge in [0, 0.05) is 19.4 Å². The molecule has 0 bridgehead atoms. The first kappa shape index (κ1) is 64.4. The molecule has 0 aromatic rings. The van der Waals surface area contributed by atoms with E-state index in [9.17, 15) is 9.59 Å². The maximum atomic E-state index is 12.9. The number of unbranched alkanes of at least 4 members (excludes halogenated alkanes) is 41. The van der Waals surface area contributed by atoms with E-state index in [2.05, 4.69) is 45.1 Å². The average Bonchev–Trinajstić information content (AvgIpc) is 3.32. The zero-order chi connectivity index (χ0) is 47.7. The van der Waals surface area contributed by atoms with Crippen LogP contribution in [0.1, 0.15) is 329 Å². The normalized spacial score (nSPS) is 12.2. The van der Waals surface area contributed by atoms with Crippen molar-refractivity contribution in [1.29, 1.82) is 0 Å². The van der Waals surface area contributed by atoms with Crippen LogP contribution >= 0.6 is 0 Å². The van der Waals surface area contributed by atoms with Crippen molar-refractivity contribution in [3.63, 3.8) is 0 Å². The molecule has 66 heavy (non-hydrogen) atoms. The monoisotopic (exact) mass is 929 g/mol. The highest BCUT2D eigenvalue weighted by Crippen LogP contribution is 2.17. The number of esters is 2. The summed E-state index contributed by atoms with van der Waals surface area (Å²) in [5.74, 6) is -0.381. The maximum absolute atomic E-state index is 12.9. The molecule has 5 nitrogen and oxygen atoms in total. The Bertz CT molecular complexity index is 1010. The van der Waals surface area contributed by atoms with E-state index >= 15 is 0 Å². The fraction of sp³-hybridized carbons (Fsp3) is 0.902. The second-order valence-corrected chi connectivity index (χ2v) is 20.3. The van der Waals surface area contributed by atoms with Gasteiger partial charge in [0.05, 0.1) is 6.61 Å². The van der Waals surface area contributed by atoms with Gasteiger partial charge in [-0.25, -0.2) is 0 Å². The lowest BCUT2D eigenvalue weighted by Gasteiger charge is -2.18. The first-order valence-corrected chi connectivity index (χ1v) is 29.9. The van der Waals surface area contributed by atoms with Crippen molar-refractivity contribution in [1.82, 2.24) is 0 Å². The Hall–Kier alpha value is -1.62. The molecule has 0 aliphatic carbocycles. The van der Waals surface area contributed by atoms with Crippen LogP contribution in [0.2, 0.25) is 0 Å². The number of rotatable bonds is 56. The molecule has 1 atom stereocenters. The summed E-state index contributed by atoms with van der Waals surface area (Å²) < 4.78 is 17.5. The Kier molecular flexibility index (Phi) is 56.3. The minimum atomic E-state index is -0.532. The van der Waals surface area contributed by atoms with E-state index in [-0.39, 0.29) is 18.5 Å². The minimum Gasteiger partial charge on any atom is -0.462 e. The van der Waals surface area contributed by atoms with E-state index in [1.807, 2.05) is 0 Å². The third-order valence-electron chi connectivity index (χ3n) is 13.5. The van der Waals surface area contributed by atoms with Crippen molar-refractivity contribution >= 4 is 11.9 Å². The molecule has 0 heterocycles. The number of hydrogen-bond donors (Lipinski definition) is 0. The van der Waals surface area contributed by atoms with Crippen LogP contribution in [-0.2, 0) is 23.8 Å². The molecule has 0 aromatic carbocycles. The van der Waals surface area contributed by atoms with Crippen LogP contribution in [-0.4, -0.2) is 37.9 Å². The third kappa shape index (κ3) is 55.0. The van der Waals surface area contributed by atoms with E-state index < -0.39 is 6.10 Å². The highest BCUT2D eigenvalue weighted by atomic mass is 16.6. The molecule has 5 heteroatoms. The van der Waals surface area contributed by atoms with Crippen molar-refractivity contribution in [3.8, 4) is 0 Å². The molecule has 0 amide bonds. The lowest BCUT2D eigenvalue weighted by Crippen LogP contribution is -2.30. The van der Waals surface area contributed by atoms with Crippen molar-refractivity contribution in [2.75, 3.05) is 19.8 Å². The standard InChI is InChI=1S/C61H116O5/c1-4-7-10-13-16-19-22-25-28-31-33-36-39-42-45-48-51-54-60(62)65-58-59(57-64-56-53-50-47-44-41-38-35-30-27-24-21-18-15-12-9-6-3)66-61(63)55-52-49-46-43-40-37-34-32-29-26-23-20-17-14-11-8-5-2/h16,19,25,28,59H,4-15,17-18,20-24,26-27,29-58H2,1-3H3/b19-16-,28-25-. The van der Waals surface area contributed by atoms with Gasteiger partial charge in [-0.05, 0) is 51.4 Å². The summed E-state index contributed by atoms with van der Waals surface area (Å²) in [5.41, 5.74) is 0. The molecule has 0 N–H and O–H groups in total. The number of ether oxygens (including phenoxy) is 3. The molecule has 0 aliphatic rings. The van der Waals surface area contributed by atoms with Crippen molar-refractivity contribution in [2.45, 2.75) is 335 Å². The van der Waals surface area contributed by atoms with Crippen LogP contribution < -0.4 is 0 Å². The van der Waals surface area contributed by atoms with Gasteiger partial charge in [0.1, 0.15) is 6.61 Å². The average molecular weight is 930 g/mol. The fourth-order valence-corrected chi connectivity index (χ4v) is 9.01. The van der Waals surface area contributed by atoms with Gasteiger partial charge in [-0.1, -0.05) is 289 Å². The fourth-order valence-electron chi connectivity index (χ4n) is 9.01. The Balaban J connectivity index is 4.23. The molecule has 1 unspecified atom stereocenters. The first-order chi connectivity index (χ1) is 32.6. The molecule has 0 fully saturated rings. The summed E-state index contributed by atoms with van der Waals surface area (Å²) in [6, 6.07) is 0. The van der Waals surface area contributed by atoms with Crippen molar-refractivity contribution in [3.05, 3.63) is 24.3 Å². The predicted octanol–water partition coefficient (Wildman–Crippen LogP) is 20.4. The largest absolute Gasteiger partial charge is 0.462 e. The molecular weight excluding hydrogens is 813 g/mol. The summed E-state index contributed by atoms with van der Waals surface area (Å²) >= 11 is 0. The predicted molar refractivity (Wildman–Crippen MR) is 289 cm³/mol. The highest BCUT2D eigenvalue weighted by molar-refractivity contribution is 5.70. The third-order valence-corrected chi connectivity index (χ3v) is 13.5. The van der Waals surface area contributed by atoms with E-state index in [0.717, 1.165) is 38.5 Å². The molecule has 0 saturated heterocycles. The summed E-state index contributed by atoms with van der Waals surface area (Å²) in [5, 5.41) is 0. The summed E-state index contributed by atoms with van der Waals surface area (Å²) in [6.07, 6.45) is 69.1. The Morgan fingerprint density at radius 1 is 0.333 bits per heavy atom. The van der Waals surface area contributed by atoms with Gasteiger partial charge in [-0.3, -0.25) is 9.59 Å². The lowest BCUT2D eigenvalue weighted by molar-refractivity contribution is -0.163. The molecule has 0 radical (unpaired) electrons. The SMILES string of the molecule is CCCCC/C=C\C/C=C\CCCCCCCCCC(=O)OCC(COCCCCCCCCCCCCCCCCCC)OC(=O)CCCCCCCCCCCCCCCCCCC. The van der Waals surface area contributed by atoms with Crippen molar-refractivity contribution < 1.29 is 23.8 Å². The van der Waals surface area contributed by atoms with Crippen LogP contribution in [0.15, 0.2) is 24.3 Å². The Morgan fingerprint density at radius 3 is 1.03 bits per heavy atom. The van der Waals surface area contributed by atoms with Gasteiger partial charge in [0.25, 0.3) is 0 Å². The van der Waals surface area contributed by atoms with E-state index in [1.165, 1.54) is 257 Å².